The third-order valence-corrected chi connectivity index (χ3v) is 17.4. The molecule has 6 atom stereocenters. The molecular weight excluding hydrogens is 1110 g/mol. The van der Waals surface area contributed by atoms with Gasteiger partial charge in [-0.15, -0.1) is 16.4 Å². The third kappa shape index (κ3) is 10.7. The number of aliphatic hydroxyl groups excluding tert-OH is 2. The van der Waals surface area contributed by atoms with E-state index in [-0.39, 0.29) is 86.9 Å². The number of hydrogen-bond donors (Lipinski definition) is 5. The maximum atomic E-state index is 15.6. The summed E-state index contributed by atoms with van der Waals surface area (Å²) in [5, 5.41) is 48.2. The number of nitriles is 1. The zero-order valence-electron chi connectivity index (χ0n) is 45.1. The fourth-order valence-electron chi connectivity index (χ4n) is 11.9. The molecular formula is C60H57ClF3N11O7S. The fourth-order valence-corrected chi connectivity index (χ4v) is 13.2. The van der Waals surface area contributed by atoms with Crippen LogP contribution in [0.5, 0.6) is 11.8 Å². The molecule has 4 aliphatic rings. The second kappa shape index (κ2) is 23.0. The van der Waals surface area contributed by atoms with E-state index >= 15 is 4.39 Å². The van der Waals surface area contributed by atoms with Gasteiger partial charge in [-0.05, 0) is 58.9 Å². The molecule has 0 saturated carbocycles. The number of β-amino-alcohol motifs (C(OH)–C–C–N with tert-alkyl or cyclic N) is 1. The number of nitrogens with two attached hydrogens (primary N) is 1. The Morgan fingerprint density at radius 3 is 2.41 bits per heavy atom. The van der Waals surface area contributed by atoms with Gasteiger partial charge < -0.3 is 50.6 Å². The van der Waals surface area contributed by atoms with Crippen molar-refractivity contribution in [3.63, 3.8) is 0 Å². The number of rotatable bonds is 16. The summed E-state index contributed by atoms with van der Waals surface area (Å²) in [6.07, 6.45) is 2.63. The third-order valence-electron chi connectivity index (χ3n) is 16.1. The molecule has 0 aliphatic carbocycles. The number of thiophene rings is 1. The number of carbonyl (C=O) groups is 2. The number of aliphatic hydroxyl groups is 2. The molecule has 0 unspecified atom stereocenters. The number of halogens is 4. The number of likely N-dealkylation sites (tertiary alicyclic amines) is 1. The van der Waals surface area contributed by atoms with Crippen LogP contribution in [0.25, 0.3) is 54.5 Å². The lowest BCUT2D eigenvalue weighted by molar-refractivity contribution is -0.142. The van der Waals surface area contributed by atoms with Gasteiger partial charge in [-0.1, -0.05) is 91.3 Å². The van der Waals surface area contributed by atoms with Crippen LogP contribution in [0.2, 0.25) is 5.02 Å². The highest BCUT2D eigenvalue weighted by molar-refractivity contribution is 7.23. The Morgan fingerprint density at radius 2 is 1.72 bits per heavy atom. The van der Waals surface area contributed by atoms with Crippen LogP contribution >= 0.6 is 22.9 Å². The molecule has 12 rings (SSSR count). The minimum atomic E-state index is -1.10. The van der Waals surface area contributed by atoms with Crippen molar-refractivity contribution in [2.75, 3.05) is 50.1 Å². The molecule has 2 amide bonds. The number of amides is 2. The Labute approximate surface area is 483 Å². The maximum Gasteiger partial charge on any atom is 0.319 e. The van der Waals surface area contributed by atoms with Crippen LogP contribution in [0, 0.1) is 34.7 Å². The number of nitrogens with one attached hydrogen (secondary N) is 2. The summed E-state index contributed by atoms with van der Waals surface area (Å²) in [4.78, 5) is 42.3. The predicted octanol–water partition coefficient (Wildman–Crippen LogP) is 8.66. The average Bonchev–Trinajstić information content (AvgIpc) is 4.48. The number of hydrogen-bond acceptors (Lipinski definition) is 16. The van der Waals surface area contributed by atoms with Crippen molar-refractivity contribution in [2.24, 2.45) is 5.92 Å². The summed E-state index contributed by atoms with van der Waals surface area (Å²) in [6, 6.07) is 21.5. The highest BCUT2D eigenvalue weighted by atomic mass is 35.5. The average molecular weight is 1170 g/mol. The lowest BCUT2D eigenvalue weighted by atomic mass is 9.96. The molecule has 428 valence electrons. The van der Waals surface area contributed by atoms with Crippen LogP contribution in [0.1, 0.15) is 68.3 Å². The summed E-state index contributed by atoms with van der Waals surface area (Å²) >= 11 is 8.38. The van der Waals surface area contributed by atoms with Crippen LogP contribution in [-0.4, -0.2) is 122 Å². The van der Waals surface area contributed by atoms with Crippen LogP contribution in [-0.2, 0) is 20.9 Å². The van der Waals surface area contributed by atoms with E-state index in [0.717, 1.165) is 42.0 Å². The monoisotopic (exact) mass is 1170 g/mol. The summed E-state index contributed by atoms with van der Waals surface area (Å²) in [5.41, 5.74) is 10.0. The number of aromatic nitrogens is 5. The predicted molar refractivity (Wildman–Crippen MR) is 306 cm³/mol. The number of nitrogens with zero attached hydrogens (tertiary/aromatic N) is 8. The number of carbonyl (C=O) groups excluding carboxylic acids is 2. The van der Waals surface area contributed by atoms with E-state index in [2.05, 4.69) is 31.9 Å². The van der Waals surface area contributed by atoms with E-state index < -0.39 is 60.1 Å². The summed E-state index contributed by atoms with van der Waals surface area (Å²) in [6.45, 7) is 5.58. The molecule has 4 saturated heterocycles. The summed E-state index contributed by atoms with van der Waals surface area (Å²) in [7, 11) is 0. The highest BCUT2D eigenvalue weighted by Gasteiger charge is 2.44. The summed E-state index contributed by atoms with van der Waals surface area (Å²) < 4.78 is 65.4. The molecule has 4 fully saturated rings. The molecule has 4 aliphatic heterocycles. The first-order valence-electron chi connectivity index (χ1n) is 27.4. The molecule has 23 heteroatoms. The van der Waals surface area contributed by atoms with Gasteiger partial charge in [0, 0.05) is 72.9 Å². The summed E-state index contributed by atoms with van der Waals surface area (Å²) in [5.74, 6) is -2.53. The Hall–Kier alpha value is -7.91. The molecule has 8 aromatic rings. The Kier molecular flexibility index (Phi) is 15.4. The van der Waals surface area contributed by atoms with E-state index in [1.807, 2.05) is 38.1 Å². The smallest absolute Gasteiger partial charge is 0.319 e. The molecule has 5 aromatic carbocycles. The normalized spacial score (nSPS) is 19.7. The Bertz CT molecular complexity index is 3820. The Morgan fingerprint density at radius 1 is 0.976 bits per heavy atom. The van der Waals surface area contributed by atoms with Gasteiger partial charge in [-0.3, -0.25) is 9.59 Å². The maximum absolute atomic E-state index is 15.6. The van der Waals surface area contributed by atoms with Gasteiger partial charge in [-0.25, -0.2) is 17.9 Å². The van der Waals surface area contributed by atoms with Gasteiger partial charge in [0.25, 0.3) is 0 Å². The van der Waals surface area contributed by atoms with Gasteiger partial charge in [0.1, 0.15) is 70.3 Å². The lowest BCUT2D eigenvalue weighted by Gasteiger charge is -2.30. The van der Waals surface area contributed by atoms with Crippen LogP contribution < -0.4 is 30.7 Å². The first kappa shape index (κ1) is 55.6. The SMILES string of the molecule is CC(C)[C@@H](C(=O)N1C[C@H](O)C[C@H]1C(=O)N[C@@H](CO)c1ccc(-c2c(F)cccc2F)cc1)n1cc(-c2ccc(COc3c(-c4ccc(F)c5sc(N)c(C#N)c45)c(Cl)cc4c(N5C[C@@H]6C[C@H]5CN6)nc(OC5CCOCC5)nc34)cc2)nn1. The molecule has 18 nitrogen and oxygen atoms in total. The van der Waals surface area contributed by atoms with Crippen LogP contribution in [0.3, 0.4) is 0 Å². The molecule has 0 spiro atoms. The largest absolute Gasteiger partial charge is 0.486 e. The first-order chi connectivity index (χ1) is 40.2. The highest BCUT2D eigenvalue weighted by Crippen LogP contribution is 2.50. The van der Waals surface area contributed by atoms with Gasteiger partial charge in [-0.2, -0.15) is 15.2 Å². The molecule has 0 radical (unpaired) electrons. The number of fused-ring (bicyclic) bond motifs is 4. The van der Waals surface area contributed by atoms with Gasteiger partial charge in [0.2, 0.25) is 11.8 Å². The van der Waals surface area contributed by atoms with Crippen molar-refractivity contribution < 1.29 is 47.2 Å². The van der Waals surface area contributed by atoms with Crippen LogP contribution in [0.4, 0.5) is 24.0 Å². The number of benzene rings is 5. The van der Waals surface area contributed by atoms with Crippen molar-refractivity contribution in [1.82, 2.24) is 40.5 Å². The molecule has 3 aromatic heterocycles. The van der Waals surface area contributed by atoms with Gasteiger partial charge in [0.15, 0.2) is 5.75 Å². The number of nitrogen functional groups attached to an aromatic ring is 1. The van der Waals surface area contributed by atoms with Gasteiger partial charge in [0.05, 0.1) is 59.0 Å². The quantitative estimate of drug-likeness (QED) is 0.0608. The van der Waals surface area contributed by atoms with Crippen molar-refractivity contribution >= 4 is 66.6 Å². The van der Waals surface area contributed by atoms with Crippen molar-refractivity contribution in [3.8, 4) is 51.3 Å². The number of ether oxygens (including phenoxy) is 3. The molecule has 83 heavy (non-hydrogen) atoms. The number of anilines is 2. The first-order valence-corrected chi connectivity index (χ1v) is 28.6. The standard InChI is InChI=1S/C60H57ClF3N11O7S/c1-30(2)53(59(79)74-26-37(77)21-48(74)58(78)68-47(28-76)33-10-12-34(13-11-33)49-43(62)4-3-5-44(49)63)75-27-46(71-72-75)32-8-6-31(7-9-32)29-81-54-51(39-14-15-45(64)55-50(39)41(23-65)56(66)83-55)42(61)22-40-52(54)69-60(82-38-16-18-80-19-17-38)70-57(40)73-25-35-20-36(73)24-67-35/h3-15,22,27,30,35-38,47-48,53,67,76-77H,16-21,24-26,28-29,66H2,1-2H3,(H,68,78)/t35-,36-,37+,47-,48-,53-/m0/s1. The molecule has 7 heterocycles. The van der Waals surface area contributed by atoms with E-state index in [0.29, 0.717) is 82.7 Å². The molecule has 2 bridgehead atoms. The minimum absolute atomic E-state index is 0.00709. The number of piperazine rings is 1. The van der Waals surface area contributed by atoms with Crippen molar-refractivity contribution in [2.45, 2.75) is 88.6 Å². The second-order valence-corrected chi connectivity index (χ2v) is 23.2. The van der Waals surface area contributed by atoms with E-state index in [1.165, 1.54) is 33.8 Å². The van der Waals surface area contributed by atoms with Crippen LogP contribution in [0.15, 0.2) is 91.1 Å². The van der Waals surface area contributed by atoms with E-state index in [1.54, 1.807) is 30.5 Å². The second-order valence-electron chi connectivity index (χ2n) is 21.7. The van der Waals surface area contributed by atoms with E-state index in [4.69, 9.17) is 41.5 Å². The van der Waals surface area contributed by atoms with Crippen molar-refractivity contribution in [3.05, 3.63) is 130 Å². The lowest BCUT2D eigenvalue weighted by Crippen LogP contribution is -2.50. The topological polar surface area (TPSA) is 239 Å². The zero-order chi connectivity index (χ0) is 57.8. The zero-order valence-corrected chi connectivity index (χ0v) is 46.6. The Balaban J connectivity index is 0.815. The van der Waals surface area contributed by atoms with Gasteiger partial charge >= 0.3 is 6.01 Å². The van der Waals surface area contributed by atoms with Crippen molar-refractivity contribution in [1.29, 1.82) is 5.26 Å². The minimum Gasteiger partial charge on any atom is -0.486 e. The molecule has 6 N–H and O–H groups in total. The van der Waals surface area contributed by atoms with E-state index in [9.17, 15) is 33.8 Å². The fraction of sp³-hybridized carbons (Fsp3) is 0.350.